The topological polar surface area (TPSA) is 143 Å². The number of nitrogens with zero attached hydrogens (tertiary/aromatic N) is 1. The van der Waals surface area contributed by atoms with E-state index in [2.05, 4.69) is 4.98 Å². The van der Waals surface area contributed by atoms with Crippen LogP contribution >= 0.6 is 0 Å². The van der Waals surface area contributed by atoms with Crippen LogP contribution in [0.25, 0.3) is 0 Å². The molecule has 6 rings (SSSR count). The molecule has 0 saturated carbocycles. The Hall–Kier alpha value is -5.55. The molecule has 0 spiro atoms. The third-order valence-electron chi connectivity index (χ3n) is 7.36. The van der Waals surface area contributed by atoms with E-state index in [0.29, 0.717) is 4.46 Å². The number of carbonyl (C=O) groups excluding carboxylic acids is 3. The van der Waals surface area contributed by atoms with Gasteiger partial charge in [-0.25, -0.2) is 0 Å². The summed E-state index contributed by atoms with van der Waals surface area (Å²) in [4.78, 5) is 68.3. The molecule has 1 aliphatic heterocycles. The SMILES string of the molecule is O=C(OC[C@H]1O[C@@H](n2cc([Se]c3ccccc3)c(=O)[nH]c2=O)[C@H](OC(=O)c2ccccc2)[C@@H]1OC(=O)c1ccccc1)c1ccccc1. The molecule has 5 aromatic rings. The average Bonchev–Trinajstić information content (AvgIpc) is 3.45. The van der Waals surface area contributed by atoms with Crippen LogP contribution in [0.2, 0.25) is 0 Å². The summed E-state index contributed by atoms with van der Waals surface area (Å²) in [6, 6.07) is 33.8. The van der Waals surface area contributed by atoms with Crippen LogP contribution < -0.4 is 20.2 Å². The van der Waals surface area contributed by atoms with Gasteiger partial charge < -0.3 is 0 Å². The monoisotopic (exact) mass is 712 g/mol. The molecule has 242 valence electrons. The summed E-state index contributed by atoms with van der Waals surface area (Å²) < 4.78 is 26.0. The second-order valence-corrected chi connectivity index (χ2v) is 12.9. The van der Waals surface area contributed by atoms with Crippen LogP contribution in [0.3, 0.4) is 0 Å². The average molecular weight is 712 g/mol. The van der Waals surface area contributed by atoms with Crippen molar-refractivity contribution in [1.82, 2.24) is 9.55 Å². The van der Waals surface area contributed by atoms with Gasteiger partial charge in [0.1, 0.15) is 0 Å². The van der Waals surface area contributed by atoms with Crippen molar-refractivity contribution >= 4 is 41.8 Å². The summed E-state index contributed by atoms with van der Waals surface area (Å²) in [5.74, 6) is -2.20. The van der Waals surface area contributed by atoms with Crippen LogP contribution in [-0.4, -0.2) is 67.3 Å². The van der Waals surface area contributed by atoms with Crippen LogP contribution in [0.4, 0.5) is 0 Å². The van der Waals surface area contributed by atoms with E-state index in [9.17, 15) is 24.0 Å². The van der Waals surface area contributed by atoms with Crippen LogP contribution in [0.1, 0.15) is 37.3 Å². The van der Waals surface area contributed by atoms with Crippen molar-refractivity contribution in [3.05, 3.63) is 165 Å². The third kappa shape index (κ3) is 7.53. The number of ether oxygens (including phenoxy) is 4. The summed E-state index contributed by atoms with van der Waals surface area (Å²) in [5.41, 5.74) is -0.722. The molecule has 12 heteroatoms. The molecule has 1 aromatic heterocycles. The minimum absolute atomic E-state index is 0.199. The van der Waals surface area contributed by atoms with Gasteiger partial charge in [-0.15, -0.1) is 0 Å². The molecule has 0 unspecified atom stereocenters. The predicted octanol–water partition coefficient (Wildman–Crippen LogP) is 2.40. The Morgan fingerprint density at radius 3 is 1.69 bits per heavy atom. The van der Waals surface area contributed by atoms with E-state index in [1.165, 1.54) is 6.20 Å². The number of carbonyl (C=O) groups is 3. The Morgan fingerprint density at radius 2 is 1.15 bits per heavy atom. The number of benzene rings is 4. The second-order valence-electron chi connectivity index (χ2n) is 10.6. The first-order valence-electron chi connectivity index (χ1n) is 14.9. The zero-order chi connectivity index (χ0) is 33.5. The van der Waals surface area contributed by atoms with Crippen molar-refractivity contribution < 1.29 is 33.3 Å². The van der Waals surface area contributed by atoms with Gasteiger partial charge in [0.2, 0.25) is 0 Å². The molecule has 2 heterocycles. The van der Waals surface area contributed by atoms with Crippen molar-refractivity contribution in [3.8, 4) is 0 Å². The maximum absolute atomic E-state index is 13.4. The van der Waals surface area contributed by atoms with Crippen LogP contribution in [-0.2, 0) is 18.9 Å². The fraction of sp³-hybridized carbons (Fsp3) is 0.139. The fourth-order valence-electron chi connectivity index (χ4n) is 5.03. The van der Waals surface area contributed by atoms with Gasteiger partial charge in [-0.3, -0.25) is 0 Å². The minimum atomic E-state index is -1.41. The molecule has 11 nitrogen and oxygen atoms in total. The Balaban J connectivity index is 1.39. The van der Waals surface area contributed by atoms with Gasteiger partial charge in [-0.1, -0.05) is 6.07 Å². The molecule has 1 saturated heterocycles. The van der Waals surface area contributed by atoms with Crippen LogP contribution in [0, 0.1) is 0 Å². The summed E-state index contributed by atoms with van der Waals surface area (Å²) in [7, 11) is 0. The number of rotatable bonds is 10. The molecule has 0 aliphatic carbocycles. The van der Waals surface area contributed by atoms with E-state index in [0.717, 1.165) is 9.03 Å². The zero-order valence-corrected chi connectivity index (χ0v) is 26.9. The number of hydrogen-bond acceptors (Lipinski definition) is 9. The molecular formula is C36H28N2O9Se. The van der Waals surface area contributed by atoms with Gasteiger partial charge in [0.25, 0.3) is 0 Å². The van der Waals surface area contributed by atoms with Crippen molar-refractivity contribution in [3.63, 3.8) is 0 Å². The molecule has 0 bridgehead atoms. The molecule has 48 heavy (non-hydrogen) atoms. The van der Waals surface area contributed by atoms with Crippen molar-refractivity contribution in [2.24, 2.45) is 0 Å². The molecule has 4 aromatic carbocycles. The Bertz CT molecular complexity index is 2000. The van der Waals surface area contributed by atoms with E-state index in [1.54, 1.807) is 91.0 Å². The van der Waals surface area contributed by atoms with E-state index < -0.39 is 75.3 Å². The summed E-state index contributed by atoms with van der Waals surface area (Å²) in [6.07, 6.45) is -3.98. The van der Waals surface area contributed by atoms with Crippen molar-refractivity contribution in [2.75, 3.05) is 6.61 Å². The second kappa shape index (κ2) is 14.9. The molecule has 1 fully saturated rings. The summed E-state index contributed by atoms with van der Waals surface area (Å²) >= 11 is -0.511. The van der Waals surface area contributed by atoms with Gasteiger partial charge >= 0.3 is 275 Å². The first kappa shape index (κ1) is 32.4. The maximum atomic E-state index is 13.4. The van der Waals surface area contributed by atoms with Crippen molar-refractivity contribution in [2.45, 2.75) is 24.5 Å². The molecule has 1 aliphatic rings. The van der Waals surface area contributed by atoms with E-state index in [-0.39, 0.29) is 16.7 Å². The van der Waals surface area contributed by atoms with E-state index >= 15 is 0 Å². The predicted molar refractivity (Wildman–Crippen MR) is 175 cm³/mol. The first-order chi connectivity index (χ1) is 23.4. The van der Waals surface area contributed by atoms with Gasteiger partial charge in [0, 0.05) is 0 Å². The summed E-state index contributed by atoms with van der Waals surface area (Å²) in [5, 5.41) is 0. The van der Waals surface area contributed by atoms with Crippen molar-refractivity contribution in [1.29, 1.82) is 0 Å². The number of esters is 3. The van der Waals surface area contributed by atoms with Crippen LogP contribution in [0.15, 0.2) is 137 Å². The van der Waals surface area contributed by atoms with E-state index in [4.69, 9.17) is 18.9 Å². The van der Waals surface area contributed by atoms with Gasteiger partial charge in [0.05, 0.1) is 0 Å². The Kier molecular flexibility index (Phi) is 10.1. The van der Waals surface area contributed by atoms with Gasteiger partial charge in [0.15, 0.2) is 0 Å². The number of aromatic amines is 1. The molecular weight excluding hydrogens is 683 g/mol. The third-order valence-corrected chi connectivity index (χ3v) is 9.50. The number of nitrogens with one attached hydrogen (secondary N) is 1. The molecule has 1 N–H and O–H groups in total. The van der Waals surface area contributed by atoms with E-state index in [1.807, 2.05) is 30.3 Å². The van der Waals surface area contributed by atoms with Crippen LogP contribution in [0.5, 0.6) is 0 Å². The number of aromatic nitrogens is 2. The Morgan fingerprint density at radius 1 is 0.667 bits per heavy atom. The molecule has 4 atom stereocenters. The summed E-state index contributed by atoms with van der Waals surface area (Å²) in [6.45, 7) is -0.421. The fourth-order valence-corrected chi connectivity index (χ4v) is 6.82. The Labute approximate surface area is 280 Å². The standard InChI is InChI=1S/C36H28N2O9Se/c39-31-28(48-26-19-11-4-12-20-26)21-38(36(43)37-31)32-30(47-35(42)25-17-9-3-10-18-25)29(46-34(41)24-15-7-2-8-16-24)27(45-32)22-44-33(40)23-13-5-1-6-14-23/h1-21,27,29-30,32H,22H2,(H,37,39,43)/t27-,29-,30-,32-/m1/s1. The molecule has 0 radical (unpaired) electrons. The zero-order valence-electron chi connectivity index (χ0n) is 25.2. The number of H-pyrrole nitrogens is 1. The quantitative estimate of drug-likeness (QED) is 0.131. The van der Waals surface area contributed by atoms with Gasteiger partial charge in [-0.2, -0.15) is 0 Å². The normalized spacial score (nSPS) is 18.5. The first-order valence-corrected chi connectivity index (χ1v) is 16.6. The molecule has 0 amide bonds. The van der Waals surface area contributed by atoms with Gasteiger partial charge in [-0.05, 0) is 0 Å². The number of hydrogen-bond donors (Lipinski definition) is 1.